The normalized spacial score (nSPS) is 12.0. The van der Waals surface area contributed by atoms with Crippen molar-refractivity contribution in [1.29, 1.82) is 0 Å². The molecule has 3 rings (SSSR count). The molecule has 2 aromatic rings. The Labute approximate surface area is 159 Å². The third kappa shape index (κ3) is 4.03. The predicted octanol–water partition coefficient (Wildman–Crippen LogP) is 2.67. The largest absolute Gasteiger partial charge is 0.496 e. The molecule has 0 saturated heterocycles. The molecule has 0 spiro atoms. The van der Waals surface area contributed by atoms with Crippen LogP contribution in [0.5, 0.6) is 17.2 Å². The molecule has 0 bridgehead atoms. The number of amides is 1. The zero-order valence-electron chi connectivity index (χ0n) is 15.0. The van der Waals surface area contributed by atoms with E-state index < -0.39 is 0 Å². The molecule has 6 nitrogen and oxygen atoms in total. The van der Waals surface area contributed by atoms with E-state index in [2.05, 4.69) is 10.6 Å². The summed E-state index contributed by atoms with van der Waals surface area (Å²) in [5, 5.41) is 6.21. The number of methoxy groups -OCH3 is 3. The molecule has 1 amide bonds. The van der Waals surface area contributed by atoms with Crippen molar-refractivity contribution in [3.63, 3.8) is 0 Å². The fourth-order valence-electron chi connectivity index (χ4n) is 2.94. The summed E-state index contributed by atoms with van der Waals surface area (Å²) in [5.74, 6) is 1.69. The van der Waals surface area contributed by atoms with E-state index in [4.69, 9.17) is 14.2 Å². The van der Waals surface area contributed by atoms with Crippen molar-refractivity contribution in [2.75, 3.05) is 21.3 Å². The van der Waals surface area contributed by atoms with Gasteiger partial charge in [-0.3, -0.25) is 4.79 Å². The molecule has 0 saturated carbocycles. The Balaban J connectivity index is 0.00000243. The number of hydrogen-bond donors (Lipinski definition) is 2. The van der Waals surface area contributed by atoms with Crippen LogP contribution >= 0.6 is 12.4 Å². The zero-order valence-corrected chi connectivity index (χ0v) is 15.9. The Kier molecular flexibility index (Phi) is 6.71. The molecular weight excluding hydrogens is 356 g/mol. The molecule has 26 heavy (non-hydrogen) atoms. The van der Waals surface area contributed by atoms with Crippen LogP contribution in [0.4, 0.5) is 0 Å². The second-order valence-electron chi connectivity index (χ2n) is 5.79. The Morgan fingerprint density at radius 2 is 1.62 bits per heavy atom. The molecule has 7 heteroatoms. The number of carbonyl (C=O) groups is 1. The van der Waals surface area contributed by atoms with E-state index in [9.17, 15) is 4.79 Å². The number of hydrogen-bond acceptors (Lipinski definition) is 5. The lowest BCUT2D eigenvalue weighted by Crippen LogP contribution is -2.23. The predicted molar refractivity (Wildman–Crippen MR) is 102 cm³/mol. The quantitative estimate of drug-likeness (QED) is 0.808. The van der Waals surface area contributed by atoms with Gasteiger partial charge in [0.2, 0.25) is 0 Å². The SMILES string of the molecule is COc1cc(OC)c(OC)cc1CNC(=O)c1ccc2c(c1)CNC2.Cl. The second kappa shape index (κ2) is 8.78. The smallest absolute Gasteiger partial charge is 0.251 e. The van der Waals surface area contributed by atoms with Crippen LogP contribution in [0, 0.1) is 0 Å². The first-order valence-corrected chi connectivity index (χ1v) is 8.06. The van der Waals surface area contributed by atoms with Crippen LogP contribution in [0.25, 0.3) is 0 Å². The summed E-state index contributed by atoms with van der Waals surface area (Å²) in [6, 6.07) is 9.36. The average Bonchev–Trinajstić information content (AvgIpc) is 3.12. The average molecular weight is 379 g/mol. The molecule has 1 heterocycles. The Bertz CT molecular complexity index is 795. The maximum Gasteiger partial charge on any atom is 0.251 e. The van der Waals surface area contributed by atoms with Crippen molar-refractivity contribution >= 4 is 18.3 Å². The van der Waals surface area contributed by atoms with Gasteiger partial charge in [0.1, 0.15) is 5.75 Å². The molecule has 0 atom stereocenters. The maximum atomic E-state index is 12.5. The highest BCUT2D eigenvalue weighted by molar-refractivity contribution is 5.94. The van der Waals surface area contributed by atoms with Crippen LogP contribution in [0.3, 0.4) is 0 Å². The van der Waals surface area contributed by atoms with E-state index in [-0.39, 0.29) is 18.3 Å². The third-order valence-corrected chi connectivity index (χ3v) is 4.33. The molecule has 140 valence electrons. The van der Waals surface area contributed by atoms with Crippen LogP contribution < -0.4 is 24.8 Å². The molecule has 1 aliphatic rings. The molecule has 0 radical (unpaired) electrons. The van der Waals surface area contributed by atoms with E-state index in [0.29, 0.717) is 29.4 Å². The number of ether oxygens (including phenoxy) is 3. The molecular formula is C19H23ClN2O4. The molecule has 0 fully saturated rings. The first-order chi connectivity index (χ1) is 12.2. The van der Waals surface area contributed by atoms with Crippen molar-refractivity contribution in [3.05, 3.63) is 52.6 Å². The van der Waals surface area contributed by atoms with Crippen molar-refractivity contribution in [3.8, 4) is 17.2 Å². The first kappa shape index (κ1) is 19.9. The van der Waals surface area contributed by atoms with Gasteiger partial charge in [-0.15, -0.1) is 12.4 Å². The standard InChI is InChI=1S/C19H22N2O4.ClH/c1-23-16-8-18(25-3)17(24-2)7-15(16)11-21-19(22)12-4-5-13-9-20-10-14(13)6-12;/h4-8,20H,9-11H2,1-3H3,(H,21,22);1H. The molecule has 2 aromatic carbocycles. The van der Waals surface area contributed by atoms with Crippen LogP contribution in [-0.2, 0) is 19.6 Å². The number of benzene rings is 2. The van der Waals surface area contributed by atoms with Crippen molar-refractivity contribution in [1.82, 2.24) is 10.6 Å². The second-order valence-corrected chi connectivity index (χ2v) is 5.79. The lowest BCUT2D eigenvalue weighted by atomic mass is 10.1. The first-order valence-electron chi connectivity index (χ1n) is 8.06. The zero-order chi connectivity index (χ0) is 17.8. The van der Waals surface area contributed by atoms with Gasteiger partial charge in [-0.05, 0) is 29.3 Å². The van der Waals surface area contributed by atoms with Gasteiger partial charge in [0.15, 0.2) is 11.5 Å². The van der Waals surface area contributed by atoms with Crippen molar-refractivity contribution < 1.29 is 19.0 Å². The third-order valence-electron chi connectivity index (χ3n) is 4.33. The van der Waals surface area contributed by atoms with Gasteiger partial charge in [0.25, 0.3) is 5.91 Å². The minimum atomic E-state index is -0.119. The summed E-state index contributed by atoms with van der Waals surface area (Å²) in [7, 11) is 4.73. The van der Waals surface area contributed by atoms with Gasteiger partial charge in [-0.25, -0.2) is 0 Å². The van der Waals surface area contributed by atoms with Gasteiger partial charge >= 0.3 is 0 Å². The van der Waals surface area contributed by atoms with Crippen molar-refractivity contribution in [2.24, 2.45) is 0 Å². The van der Waals surface area contributed by atoms with Crippen LogP contribution in [0.15, 0.2) is 30.3 Å². The monoisotopic (exact) mass is 378 g/mol. The Morgan fingerprint density at radius 1 is 0.962 bits per heavy atom. The van der Waals surface area contributed by atoms with Gasteiger partial charge in [-0.2, -0.15) is 0 Å². The molecule has 2 N–H and O–H groups in total. The summed E-state index contributed by atoms with van der Waals surface area (Å²) >= 11 is 0. The van der Waals surface area contributed by atoms with Gasteiger partial charge < -0.3 is 24.8 Å². The number of nitrogens with one attached hydrogen (secondary N) is 2. The maximum absolute atomic E-state index is 12.5. The van der Waals surface area contributed by atoms with Crippen LogP contribution in [-0.4, -0.2) is 27.2 Å². The summed E-state index contributed by atoms with van der Waals surface area (Å²) in [5.41, 5.74) is 3.90. The van der Waals surface area contributed by atoms with Gasteiger partial charge in [0, 0.05) is 36.8 Å². The highest BCUT2D eigenvalue weighted by Crippen LogP contribution is 2.34. The lowest BCUT2D eigenvalue weighted by molar-refractivity contribution is 0.0950. The summed E-state index contributed by atoms with van der Waals surface area (Å²) < 4.78 is 16.0. The van der Waals surface area contributed by atoms with E-state index in [1.807, 2.05) is 24.3 Å². The number of rotatable bonds is 6. The molecule has 0 unspecified atom stereocenters. The topological polar surface area (TPSA) is 68.8 Å². The fraction of sp³-hybridized carbons (Fsp3) is 0.316. The van der Waals surface area contributed by atoms with Gasteiger partial charge in [0.05, 0.1) is 21.3 Å². The Morgan fingerprint density at radius 3 is 2.31 bits per heavy atom. The van der Waals surface area contributed by atoms with E-state index >= 15 is 0 Å². The molecule has 0 aliphatic carbocycles. The highest BCUT2D eigenvalue weighted by Gasteiger charge is 2.15. The van der Waals surface area contributed by atoms with Crippen LogP contribution in [0.1, 0.15) is 27.0 Å². The lowest BCUT2D eigenvalue weighted by Gasteiger charge is -2.14. The Hall–Kier alpha value is -2.44. The minimum Gasteiger partial charge on any atom is -0.496 e. The van der Waals surface area contributed by atoms with E-state index in [1.54, 1.807) is 27.4 Å². The summed E-state index contributed by atoms with van der Waals surface area (Å²) in [4.78, 5) is 12.5. The molecule has 1 aliphatic heterocycles. The van der Waals surface area contributed by atoms with Crippen molar-refractivity contribution in [2.45, 2.75) is 19.6 Å². The number of carbonyl (C=O) groups excluding carboxylic acids is 1. The van der Waals surface area contributed by atoms with Gasteiger partial charge in [-0.1, -0.05) is 6.07 Å². The highest BCUT2D eigenvalue weighted by atomic mass is 35.5. The minimum absolute atomic E-state index is 0. The number of fused-ring (bicyclic) bond motifs is 1. The summed E-state index contributed by atoms with van der Waals surface area (Å²) in [6.07, 6.45) is 0. The van der Waals surface area contributed by atoms with Crippen LogP contribution in [0.2, 0.25) is 0 Å². The fourth-order valence-corrected chi connectivity index (χ4v) is 2.94. The van der Waals surface area contributed by atoms with E-state index in [1.165, 1.54) is 11.1 Å². The molecule has 0 aromatic heterocycles. The van der Waals surface area contributed by atoms with E-state index in [0.717, 1.165) is 18.7 Å². The number of halogens is 1. The summed E-state index contributed by atoms with van der Waals surface area (Å²) in [6.45, 7) is 2.00.